The number of ether oxygens (including phenoxy) is 1. The van der Waals surface area contributed by atoms with Gasteiger partial charge in [-0.05, 0) is 41.6 Å². The molecule has 1 heterocycles. The second kappa shape index (κ2) is 7.62. The largest absolute Gasteiger partial charge is 0.464 e. The third kappa shape index (κ3) is 4.12. The number of carbonyl (C=O) groups excluding carboxylic acids is 1. The summed E-state index contributed by atoms with van der Waals surface area (Å²) in [7, 11) is 0. The standard InChI is InChI=1S/C20H17NO2S/c1-15-12-19(24-14-15)21-20(22)18(16-8-4-2-5-9-16)13-23-17-10-6-3-7-11-17/h2-14H,1H3,(H,21,22). The van der Waals surface area contributed by atoms with Crippen LogP contribution in [0.25, 0.3) is 5.57 Å². The first-order chi connectivity index (χ1) is 11.7. The van der Waals surface area contributed by atoms with Gasteiger partial charge < -0.3 is 10.1 Å². The van der Waals surface area contributed by atoms with Gasteiger partial charge in [0.15, 0.2) is 0 Å². The SMILES string of the molecule is Cc1csc(NC(=O)C(=COc2ccccc2)c2ccccc2)c1. The van der Waals surface area contributed by atoms with Gasteiger partial charge in [0.1, 0.15) is 12.0 Å². The Hall–Kier alpha value is -2.85. The van der Waals surface area contributed by atoms with Crippen molar-refractivity contribution in [3.63, 3.8) is 0 Å². The average molecular weight is 335 g/mol. The molecule has 1 amide bonds. The quantitative estimate of drug-likeness (QED) is 0.519. The van der Waals surface area contributed by atoms with Crippen molar-refractivity contribution >= 4 is 27.8 Å². The van der Waals surface area contributed by atoms with Gasteiger partial charge in [0.05, 0.1) is 10.6 Å². The minimum absolute atomic E-state index is 0.195. The van der Waals surface area contributed by atoms with Crippen LogP contribution in [0.4, 0.5) is 5.00 Å². The van der Waals surface area contributed by atoms with E-state index in [-0.39, 0.29) is 5.91 Å². The lowest BCUT2D eigenvalue weighted by Crippen LogP contribution is -2.13. The van der Waals surface area contributed by atoms with Gasteiger partial charge >= 0.3 is 0 Å². The first kappa shape index (κ1) is 16.0. The maximum atomic E-state index is 12.7. The molecule has 2 aromatic carbocycles. The van der Waals surface area contributed by atoms with Crippen LogP contribution >= 0.6 is 11.3 Å². The first-order valence-electron chi connectivity index (χ1n) is 7.56. The molecule has 0 aliphatic rings. The molecule has 1 aromatic heterocycles. The van der Waals surface area contributed by atoms with Crippen molar-refractivity contribution in [2.75, 3.05) is 5.32 Å². The Morgan fingerprint density at radius 1 is 1.04 bits per heavy atom. The molecule has 0 unspecified atom stereocenters. The van der Waals surface area contributed by atoms with Crippen LogP contribution in [0.2, 0.25) is 0 Å². The van der Waals surface area contributed by atoms with E-state index in [1.807, 2.05) is 79.0 Å². The third-order valence-corrected chi connectivity index (χ3v) is 4.32. The number of rotatable bonds is 5. The number of hydrogen-bond donors (Lipinski definition) is 1. The average Bonchev–Trinajstić information content (AvgIpc) is 3.02. The van der Waals surface area contributed by atoms with Gasteiger partial charge in [-0.25, -0.2) is 0 Å². The van der Waals surface area contributed by atoms with Gasteiger partial charge in [0.2, 0.25) is 0 Å². The van der Waals surface area contributed by atoms with Gasteiger partial charge in [-0.15, -0.1) is 11.3 Å². The van der Waals surface area contributed by atoms with E-state index < -0.39 is 0 Å². The van der Waals surface area contributed by atoms with Gasteiger partial charge in [0.25, 0.3) is 5.91 Å². The topological polar surface area (TPSA) is 38.3 Å². The summed E-state index contributed by atoms with van der Waals surface area (Å²) in [5.41, 5.74) is 2.41. The van der Waals surface area contributed by atoms with Crippen LogP contribution in [0.5, 0.6) is 5.75 Å². The zero-order chi connectivity index (χ0) is 16.8. The van der Waals surface area contributed by atoms with Crippen LogP contribution in [-0.2, 0) is 4.79 Å². The smallest absolute Gasteiger partial charge is 0.260 e. The van der Waals surface area contributed by atoms with Crippen molar-refractivity contribution in [1.82, 2.24) is 0 Å². The highest BCUT2D eigenvalue weighted by molar-refractivity contribution is 7.14. The maximum Gasteiger partial charge on any atom is 0.260 e. The van der Waals surface area contributed by atoms with Crippen LogP contribution in [0, 0.1) is 6.92 Å². The normalized spacial score (nSPS) is 11.1. The van der Waals surface area contributed by atoms with E-state index in [4.69, 9.17) is 4.74 Å². The molecule has 1 N–H and O–H groups in total. The monoisotopic (exact) mass is 335 g/mol. The minimum Gasteiger partial charge on any atom is -0.464 e. The first-order valence-corrected chi connectivity index (χ1v) is 8.44. The van der Waals surface area contributed by atoms with E-state index >= 15 is 0 Å². The fourth-order valence-electron chi connectivity index (χ4n) is 2.17. The lowest BCUT2D eigenvalue weighted by atomic mass is 10.1. The van der Waals surface area contributed by atoms with Crippen LogP contribution in [0.15, 0.2) is 78.4 Å². The molecule has 0 aliphatic heterocycles. The Bertz CT molecular complexity index is 838. The Labute approximate surface area is 145 Å². The summed E-state index contributed by atoms with van der Waals surface area (Å²) in [6.07, 6.45) is 1.50. The molecule has 0 saturated heterocycles. The van der Waals surface area contributed by atoms with Crippen molar-refractivity contribution in [2.45, 2.75) is 6.92 Å². The van der Waals surface area contributed by atoms with E-state index in [1.54, 1.807) is 0 Å². The molecule has 120 valence electrons. The number of carbonyl (C=O) groups is 1. The molecule has 24 heavy (non-hydrogen) atoms. The number of nitrogens with one attached hydrogen (secondary N) is 1. The summed E-state index contributed by atoms with van der Waals surface area (Å²) >= 11 is 1.50. The summed E-state index contributed by atoms with van der Waals surface area (Å²) in [6, 6.07) is 20.8. The van der Waals surface area contributed by atoms with Crippen LogP contribution < -0.4 is 10.1 Å². The van der Waals surface area contributed by atoms with E-state index in [1.165, 1.54) is 17.6 Å². The summed E-state index contributed by atoms with van der Waals surface area (Å²) in [5.74, 6) is 0.490. The van der Waals surface area contributed by atoms with Crippen molar-refractivity contribution in [3.05, 3.63) is 89.5 Å². The van der Waals surface area contributed by atoms with Crippen molar-refractivity contribution < 1.29 is 9.53 Å². The lowest BCUT2D eigenvalue weighted by molar-refractivity contribution is -0.111. The van der Waals surface area contributed by atoms with Crippen LogP contribution in [0.3, 0.4) is 0 Å². The van der Waals surface area contributed by atoms with Crippen LogP contribution in [-0.4, -0.2) is 5.91 Å². The van der Waals surface area contributed by atoms with Gasteiger partial charge in [-0.3, -0.25) is 4.79 Å². The molecular formula is C20H17NO2S. The van der Waals surface area contributed by atoms with E-state index in [0.717, 1.165) is 16.1 Å². The maximum absolute atomic E-state index is 12.7. The van der Waals surface area contributed by atoms with E-state index in [0.29, 0.717) is 11.3 Å². The fourth-order valence-corrected chi connectivity index (χ4v) is 2.96. The highest BCUT2D eigenvalue weighted by Gasteiger charge is 2.14. The molecule has 3 rings (SSSR count). The minimum atomic E-state index is -0.195. The van der Waals surface area contributed by atoms with Crippen molar-refractivity contribution in [3.8, 4) is 5.75 Å². The second-order valence-electron chi connectivity index (χ2n) is 5.27. The number of thiophene rings is 1. The Morgan fingerprint density at radius 3 is 2.33 bits per heavy atom. The van der Waals surface area contributed by atoms with E-state index in [2.05, 4.69) is 5.32 Å². The molecule has 0 atom stereocenters. The number of amides is 1. The highest BCUT2D eigenvalue weighted by atomic mass is 32.1. The fraction of sp³-hybridized carbons (Fsp3) is 0.0500. The third-order valence-electron chi connectivity index (χ3n) is 3.35. The van der Waals surface area contributed by atoms with E-state index in [9.17, 15) is 4.79 Å². The second-order valence-corrected chi connectivity index (χ2v) is 6.18. The molecular weight excluding hydrogens is 318 g/mol. The number of para-hydroxylation sites is 1. The predicted molar refractivity (Wildman–Crippen MR) is 99.2 cm³/mol. The zero-order valence-electron chi connectivity index (χ0n) is 13.2. The summed E-state index contributed by atoms with van der Waals surface area (Å²) in [6.45, 7) is 2.00. The number of hydrogen-bond acceptors (Lipinski definition) is 3. The molecule has 0 bridgehead atoms. The highest BCUT2D eigenvalue weighted by Crippen LogP contribution is 2.23. The molecule has 0 aliphatic carbocycles. The molecule has 4 heteroatoms. The molecule has 0 radical (unpaired) electrons. The van der Waals surface area contributed by atoms with Gasteiger partial charge in [-0.1, -0.05) is 48.5 Å². The van der Waals surface area contributed by atoms with Crippen molar-refractivity contribution in [2.24, 2.45) is 0 Å². The molecule has 0 saturated carbocycles. The molecule has 3 nitrogen and oxygen atoms in total. The lowest BCUT2D eigenvalue weighted by Gasteiger charge is -2.09. The molecule has 0 fully saturated rings. The number of aryl methyl sites for hydroxylation is 1. The van der Waals surface area contributed by atoms with Crippen molar-refractivity contribution in [1.29, 1.82) is 0 Å². The Kier molecular flexibility index (Phi) is 5.08. The van der Waals surface area contributed by atoms with Gasteiger partial charge in [0, 0.05) is 0 Å². The van der Waals surface area contributed by atoms with Gasteiger partial charge in [-0.2, -0.15) is 0 Å². The predicted octanol–water partition coefficient (Wildman–Crippen LogP) is 5.12. The number of benzene rings is 2. The van der Waals surface area contributed by atoms with Crippen LogP contribution in [0.1, 0.15) is 11.1 Å². The number of anilines is 1. The molecule has 0 spiro atoms. The molecule has 3 aromatic rings. The Morgan fingerprint density at radius 2 is 1.71 bits per heavy atom. The Balaban J connectivity index is 1.85. The summed E-state index contributed by atoms with van der Waals surface area (Å²) in [5, 5.41) is 5.75. The summed E-state index contributed by atoms with van der Waals surface area (Å²) in [4.78, 5) is 12.7. The summed E-state index contributed by atoms with van der Waals surface area (Å²) < 4.78 is 5.67. The zero-order valence-corrected chi connectivity index (χ0v) is 14.0.